The number of carbonyl (C=O) groups is 1. The van der Waals surface area contributed by atoms with E-state index in [0.717, 1.165) is 37.1 Å². The fraction of sp³-hybridized carbons (Fsp3) is 0.467. The van der Waals surface area contributed by atoms with Gasteiger partial charge in [-0.2, -0.15) is 0 Å². The maximum atomic E-state index is 12.5. The number of hydrogen-bond acceptors (Lipinski definition) is 3. The molecule has 1 aromatic heterocycles. The van der Waals surface area contributed by atoms with Crippen LogP contribution < -0.4 is 0 Å². The molecule has 1 heterocycles. The fourth-order valence-corrected chi connectivity index (χ4v) is 2.23. The van der Waals surface area contributed by atoms with E-state index < -0.39 is 0 Å². The predicted octanol–water partition coefficient (Wildman–Crippen LogP) is 1.98. The van der Waals surface area contributed by atoms with Gasteiger partial charge in [-0.1, -0.05) is 0 Å². The number of nitrogens with zero attached hydrogens (tertiary/aromatic N) is 3. The Kier molecular flexibility index (Phi) is 4.74. The van der Waals surface area contributed by atoms with Crippen LogP contribution >= 0.6 is 0 Å². The molecule has 0 aliphatic carbocycles. The maximum absolute atomic E-state index is 12.5. The number of aromatic amines is 1. The van der Waals surface area contributed by atoms with Crippen molar-refractivity contribution in [1.82, 2.24) is 19.8 Å². The number of benzene rings is 1. The van der Waals surface area contributed by atoms with Crippen molar-refractivity contribution in [2.24, 2.45) is 0 Å². The monoisotopic (exact) mass is 274 g/mol. The molecule has 0 radical (unpaired) electrons. The zero-order chi connectivity index (χ0) is 14.5. The maximum Gasteiger partial charge on any atom is 0.253 e. The molecule has 5 heteroatoms. The van der Waals surface area contributed by atoms with Crippen LogP contribution in [0.25, 0.3) is 11.0 Å². The van der Waals surface area contributed by atoms with Crippen molar-refractivity contribution in [3.8, 4) is 0 Å². The molecule has 1 amide bonds. The SMILES string of the molecule is CCN(CCCN(C)C)C(=O)c1ccc2nc[nH]c2c1. The van der Waals surface area contributed by atoms with Crippen molar-refractivity contribution >= 4 is 16.9 Å². The second-order valence-corrected chi connectivity index (χ2v) is 5.18. The summed E-state index contributed by atoms with van der Waals surface area (Å²) in [6.07, 6.45) is 2.63. The standard InChI is InChI=1S/C15H22N4O/c1-4-19(9-5-8-18(2)3)15(20)12-6-7-13-14(10-12)17-11-16-13/h6-7,10-11H,4-5,8-9H2,1-3H3,(H,16,17). The van der Waals surface area contributed by atoms with Gasteiger partial charge in [0.25, 0.3) is 5.91 Å². The number of rotatable bonds is 6. The van der Waals surface area contributed by atoms with Crippen LogP contribution in [0.1, 0.15) is 23.7 Å². The van der Waals surface area contributed by atoms with E-state index >= 15 is 0 Å². The minimum Gasteiger partial charge on any atom is -0.345 e. The molecule has 20 heavy (non-hydrogen) atoms. The van der Waals surface area contributed by atoms with Crippen LogP contribution in [0.5, 0.6) is 0 Å². The van der Waals surface area contributed by atoms with Crippen LogP contribution in [0.3, 0.4) is 0 Å². The van der Waals surface area contributed by atoms with Gasteiger partial charge in [0.2, 0.25) is 0 Å². The Bertz CT molecular complexity index is 576. The highest BCUT2D eigenvalue weighted by Crippen LogP contribution is 2.13. The average molecular weight is 274 g/mol. The molecular formula is C15H22N4O. The van der Waals surface area contributed by atoms with Gasteiger partial charge in [0.15, 0.2) is 0 Å². The number of nitrogens with one attached hydrogen (secondary N) is 1. The molecule has 0 spiro atoms. The third-order valence-electron chi connectivity index (χ3n) is 3.37. The van der Waals surface area contributed by atoms with Gasteiger partial charge in [-0.15, -0.1) is 0 Å². The van der Waals surface area contributed by atoms with E-state index in [1.54, 1.807) is 6.33 Å². The molecule has 5 nitrogen and oxygen atoms in total. The first kappa shape index (κ1) is 14.5. The molecular weight excluding hydrogens is 252 g/mol. The number of fused-ring (bicyclic) bond motifs is 1. The highest BCUT2D eigenvalue weighted by Gasteiger charge is 2.14. The lowest BCUT2D eigenvalue weighted by molar-refractivity contribution is 0.0759. The summed E-state index contributed by atoms with van der Waals surface area (Å²) in [6.45, 7) is 4.52. The Morgan fingerprint density at radius 3 is 2.80 bits per heavy atom. The molecule has 0 saturated carbocycles. The van der Waals surface area contributed by atoms with Crippen LogP contribution in [-0.2, 0) is 0 Å². The molecule has 0 bridgehead atoms. The summed E-state index contributed by atoms with van der Waals surface area (Å²) in [4.78, 5) is 23.7. The smallest absolute Gasteiger partial charge is 0.253 e. The van der Waals surface area contributed by atoms with E-state index in [-0.39, 0.29) is 5.91 Å². The Morgan fingerprint density at radius 1 is 1.30 bits per heavy atom. The lowest BCUT2D eigenvalue weighted by Gasteiger charge is -2.22. The zero-order valence-corrected chi connectivity index (χ0v) is 12.4. The first-order valence-electron chi connectivity index (χ1n) is 6.99. The topological polar surface area (TPSA) is 52.2 Å². The largest absolute Gasteiger partial charge is 0.345 e. The van der Waals surface area contributed by atoms with Crippen molar-refractivity contribution in [2.45, 2.75) is 13.3 Å². The van der Waals surface area contributed by atoms with Gasteiger partial charge >= 0.3 is 0 Å². The summed E-state index contributed by atoms with van der Waals surface area (Å²) in [5, 5.41) is 0. The first-order chi connectivity index (χ1) is 9.61. The summed E-state index contributed by atoms with van der Waals surface area (Å²) in [5.74, 6) is 0.0859. The van der Waals surface area contributed by atoms with Gasteiger partial charge in [0.05, 0.1) is 17.4 Å². The van der Waals surface area contributed by atoms with E-state index in [0.29, 0.717) is 5.56 Å². The highest BCUT2D eigenvalue weighted by atomic mass is 16.2. The molecule has 0 aliphatic rings. The molecule has 0 unspecified atom stereocenters. The van der Waals surface area contributed by atoms with Crippen molar-refractivity contribution in [2.75, 3.05) is 33.7 Å². The minimum absolute atomic E-state index is 0.0859. The highest BCUT2D eigenvalue weighted by molar-refractivity contribution is 5.97. The predicted molar refractivity (Wildman–Crippen MR) is 80.8 cm³/mol. The summed E-state index contributed by atoms with van der Waals surface area (Å²) in [6, 6.07) is 5.60. The van der Waals surface area contributed by atoms with Gasteiger partial charge < -0.3 is 14.8 Å². The molecule has 0 aliphatic heterocycles. The van der Waals surface area contributed by atoms with Crippen molar-refractivity contribution in [1.29, 1.82) is 0 Å². The van der Waals surface area contributed by atoms with Crippen molar-refractivity contribution in [3.05, 3.63) is 30.1 Å². The molecule has 0 saturated heterocycles. The average Bonchev–Trinajstić information content (AvgIpc) is 2.90. The van der Waals surface area contributed by atoms with Gasteiger partial charge in [0.1, 0.15) is 0 Å². The molecule has 1 N–H and O–H groups in total. The lowest BCUT2D eigenvalue weighted by Crippen LogP contribution is -2.33. The van der Waals surface area contributed by atoms with E-state index in [2.05, 4.69) is 14.9 Å². The second-order valence-electron chi connectivity index (χ2n) is 5.18. The zero-order valence-electron chi connectivity index (χ0n) is 12.4. The Hall–Kier alpha value is -1.88. The number of amides is 1. The Balaban J connectivity index is 2.06. The normalized spacial score (nSPS) is 11.2. The minimum atomic E-state index is 0.0859. The van der Waals surface area contributed by atoms with E-state index in [9.17, 15) is 4.79 Å². The van der Waals surface area contributed by atoms with Crippen molar-refractivity contribution < 1.29 is 4.79 Å². The molecule has 0 fully saturated rings. The number of carbonyl (C=O) groups excluding carboxylic acids is 1. The summed E-state index contributed by atoms with van der Waals surface area (Å²) in [7, 11) is 4.09. The number of H-pyrrole nitrogens is 1. The fourth-order valence-electron chi connectivity index (χ4n) is 2.23. The summed E-state index contributed by atoms with van der Waals surface area (Å²) < 4.78 is 0. The van der Waals surface area contributed by atoms with Gasteiger partial charge in [-0.25, -0.2) is 4.98 Å². The van der Waals surface area contributed by atoms with Gasteiger partial charge in [0, 0.05) is 18.7 Å². The number of imidazole rings is 1. The summed E-state index contributed by atoms with van der Waals surface area (Å²) >= 11 is 0. The van der Waals surface area contributed by atoms with Gasteiger partial charge in [-0.3, -0.25) is 4.79 Å². The van der Waals surface area contributed by atoms with Crippen LogP contribution in [0.2, 0.25) is 0 Å². The molecule has 2 rings (SSSR count). The molecule has 1 aromatic carbocycles. The van der Waals surface area contributed by atoms with E-state index in [4.69, 9.17) is 0 Å². The van der Waals surface area contributed by atoms with E-state index in [1.807, 2.05) is 44.1 Å². The second kappa shape index (κ2) is 6.52. The van der Waals surface area contributed by atoms with Crippen LogP contribution in [0.15, 0.2) is 24.5 Å². The van der Waals surface area contributed by atoms with Crippen molar-refractivity contribution in [3.63, 3.8) is 0 Å². The van der Waals surface area contributed by atoms with E-state index in [1.165, 1.54) is 0 Å². The Morgan fingerprint density at radius 2 is 2.10 bits per heavy atom. The third-order valence-corrected chi connectivity index (χ3v) is 3.37. The van der Waals surface area contributed by atoms with Crippen LogP contribution in [-0.4, -0.2) is 59.4 Å². The molecule has 108 valence electrons. The first-order valence-corrected chi connectivity index (χ1v) is 6.99. The van der Waals surface area contributed by atoms with Crippen LogP contribution in [0, 0.1) is 0 Å². The van der Waals surface area contributed by atoms with Gasteiger partial charge in [-0.05, 0) is 52.2 Å². The van der Waals surface area contributed by atoms with Crippen LogP contribution in [0.4, 0.5) is 0 Å². The third kappa shape index (κ3) is 3.36. The summed E-state index contributed by atoms with van der Waals surface area (Å²) in [5.41, 5.74) is 2.51. The quantitative estimate of drug-likeness (QED) is 0.876. The number of aromatic nitrogens is 2. The molecule has 0 atom stereocenters. The number of hydrogen-bond donors (Lipinski definition) is 1. The lowest BCUT2D eigenvalue weighted by atomic mass is 10.1. The Labute approximate surface area is 119 Å². The molecule has 2 aromatic rings.